The molecule has 0 amide bonds. The van der Waals surface area contributed by atoms with Gasteiger partial charge in [-0.25, -0.2) is 0 Å². The summed E-state index contributed by atoms with van der Waals surface area (Å²) in [6, 6.07) is 15.7. The molecule has 2 heterocycles. The van der Waals surface area contributed by atoms with Gasteiger partial charge in [-0.3, -0.25) is 0 Å². The van der Waals surface area contributed by atoms with Gasteiger partial charge in [0.05, 0.1) is 19.8 Å². The number of methoxy groups -OCH3 is 1. The number of hydrogen-bond donors (Lipinski definition) is 0. The third-order valence-corrected chi connectivity index (χ3v) is 6.70. The Kier molecular flexibility index (Phi) is 6.58. The highest BCUT2D eigenvalue weighted by Crippen LogP contribution is 2.36. The molecule has 0 N–H and O–H groups in total. The van der Waals surface area contributed by atoms with Crippen LogP contribution in [-0.4, -0.2) is 49.4 Å². The zero-order chi connectivity index (χ0) is 20.2. The van der Waals surface area contributed by atoms with Gasteiger partial charge in [-0.15, -0.1) is 0 Å². The second-order valence-electron chi connectivity index (χ2n) is 7.64. The molecule has 2 aliphatic rings. The van der Waals surface area contributed by atoms with Crippen LogP contribution in [0, 0.1) is 11.8 Å². The van der Waals surface area contributed by atoms with Gasteiger partial charge in [0, 0.05) is 29.7 Å². The summed E-state index contributed by atoms with van der Waals surface area (Å²) in [6.45, 7) is 3.11. The molecule has 154 valence electrons. The summed E-state index contributed by atoms with van der Waals surface area (Å²) in [5.74, 6) is 2.72. The SMILES string of the molecule is COc1ccc(OCC2C3COCCC3CCN2C(=S)c2cccc(Cl)c2)cc1. The third kappa shape index (κ3) is 4.68. The molecule has 3 atom stereocenters. The van der Waals surface area contributed by atoms with E-state index >= 15 is 0 Å². The van der Waals surface area contributed by atoms with Crippen LogP contribution in [0.1, 0.15) is 18.4 Å². The van der Waals surface area contributed by atoms with Gasteiger partial charge >= 0.3 is 0 Å². The Morgan fingerprint density at radius 1 is 1.17 bits per heavy atom. The molecule has 0 spiro atoms. The fourth-order valence-electron chi connectivity index (χ4n) is 4.40. The number of halogens is 1. The maximum absolute atomic E-state index is 6.21. The van der Waals surface area contributed by atoms with E-state index in [2.05, 4.69) is 4.90 Å². The first-order valence-electron chi connectivity index (χ1n) is 10.1. The van der Waals surface area contributed by atoms with Gasteiger partial charge in [0.15, 0.2) is 0 Å². The number of nitrogens with zero attached hydrogens (tertiary/aromatic N) is 1. The number of thiocarbonyl (C=S) groups is 1. The van der Waals surface area contributed by atoms with Crippen molar-refractivity contribution in [1.29, 1.82) is 0 Å². The average Bonchev–Trinajstić information content (AvgIpc) is 2.77. The van der Waals surface area contributed by atoms with Crippen molar-refractivity contribution < 1.29 is 14.2 Å². The van der Waals surface area contributed by atoms with E-state index in [1.807, 2.05) is 48.5 Å². The minimum absolute atomic E-state index is 0.169. The van der Waals surface area contributed by atoms with E-state index in [0.29, 0.717) is 23.5 Å². The number of piperidine rings is 1. The summed E-state index contributed by atoms with van der Waals surface area (Å²) < 4.78 is 17.3. The summed E-state index contributed by atoms with van der Waals surface area (Å²) in [6.07, 6.45) is 2.25. The van der Waals surface area contributed by atoms with E-state index in [1.54, 1.807) is 7.11 Å². The van der Waals surface area contributed by atoms with Crippen molar-refractivity contribution in [2.24, 2.45) is 11.8 Å². The molecular weight excluding hydrogens is 406 g/mol. The Morgan fingerprint density at radius 3 is 2.72 bits per heavy atom. The zero-order valence-electron chi connectivity index (χ0n) is 16.6. The van der Waals surface area contributed by atoms with Crippen molar-refractivity contribution in [2.75, 3.05) is 33.5 Å². The molecule has 0 radical (unpaired) electrons. The van der Waals surface area contributed by atoms with Gasteiger partial charge in [-0.2, -0.15) is 0 Å². The molecule has 4 nitrogen and oxygen atoms in total. The lowest BCUT2D eigenvalue weighted by Gasteiger charge is -2.48. The number of hydrogen-bond acceptors (Lipinski definition) is 4. The fourth-order valence-corrected chi connectivity index (χ4v) is 4.94. The van der Waals surface area contributed by atoms with Crippen LogP contribution in [0.25, 0.3) is 0 Å². The quantitative estimate of drug-likeness (QED) is 0.633. The maximum atomic E-state index is 6.21. The maximum Gasteiger partial charge on any atom is 0.119 e. The normalized spacial score (nSPS) is 23.9. The predicted molar refractivity (Wildman–Crippen MR) is 119 cm³/mol. The van der Waals surface area contributed by atoms with Crippen LogP contribution in [0.2, 0.25) is 5.02 Å². The standard InChI is InChI=1S/C23H26ClNO3S/c1-26-19-5-7-20(8-6-19)28-15-22-21-14-27-12-10-16(21)9-11-25(22)23(29)17-3-2-4-18(24)13-17/h2-8,13,16,21-22H,9-12,14-15H2,1H3. The summed E-state index contributed by atoms with van der Waals surface area (Å²) >= 11 is 12.1. The Balaban J connectivity index is 1.54. The summed E-state index contributed by atoms with van der Waals surface area (Å²) in [5, 5.41) is 0.701. The fraction of sp³-hybridized carbons (Fsp3) is 0.435. The van der Waals surface area contributed by atoms with Gasteiger partial charge in [0.1, 0.15) is 23.1 Å². The lowest BCUT2D eigenvalue weighted by atomic mass is 9.77. The lowest BCUT2D eigenvalue weighted by molar-refractivity contribution is -0.0484. The highest BCUT2D eigenvalue weighted by molar-refractivity contribution is 7.80. The molecule has 29 heavy (non-hydrogen) atoms. The second-order valence-corrected chi connectivity index (χ2v) is 8.46. The van der Waals surface area contributed by atoms with E-state index < -0.39 is 0 Å². The number of benzene rings is 2. The molecule has 2 aromatic carbocycles. The minimum Gasteiger partial charge on any atom is -0.497 e. The van der Waals surface area contributed by atoms with Crippen LogP contribution < -0.4 is 9.47 Å². The van der Waals surface area contributed by atoms with E-state index in [4.69, 9.17) is 38.0 Å². The Morgan fingerprint density at radius 2 is 1.97 bits per heavy atom. The molecule has 0 bridgehead atoms. The van der Waals surface area contributed by atoms with Crippen LogP contribution in [0.3, 0.4) is 0 Å². The number of likely N-dealkylation sites (tertiary alicyclic amines) is 1. The first kappa shape index (κ1) is 20.5. The molecule has 0 aliphatic carbocycles. The first-order chi connectivity index (χ1) is 14.2. The van der Waals surface area contributed by atoms with Crippen LogP contribution in [0.15, 0.2) is 48.5 Å². The molecule has 2 aliphatic heterocycles. The van der Waals surface area contributed by atoms with Crippen molar-refractivity contribution in [3.05, 3.63) is 59.1 Å². The Labute approximate surface area is 182 Å². The van der Waals surface area contributed by atoms with E-state index in [0.717, 1.165) is 54.7 Å². The molecule has 2 aromatic rings. The molecule has 2 saturated heterocycles. The molecule has 6 heteroatoms. The van der Waals surface area contributed by atoms with Gasteiger partial charge < -0.3 is 19.1 Å². The van der Waals surface area contributed by atoms with E-state index in [1.165, 1.54) is 0 Å². The van der Waals surface area contributed by atoms with Crippen molar-refractivity contribution in [3.63, 3.8) is 0 Å². The summed E-state index contributed by atoms with van der Waals surface area (Å²) in [7, 11) is 1.66. The monoisotopic (exact) mass is 431 g/mol. The van der Waals surface area contributed by atoms with Gasteiger partial charge in [-0.05, 0) is 55.2 Å². The molecule has 3 unspecified atom stereocenters. The predicted octanol–water partition coefficient (Wildman–Crippen LogP) is 4.83. The second kappa shape index (κ2) is 9.33. The van der Waals surface area contributed by atoms with Crippen LogP contribution in [-0.2, 0) is 4.74 Å². The van der Waals surface area contributed by atoms with Crippen LogP contribution in [0.5, 0.6) is 11.5 Å². The third-order valence-electron chi connectivity index (χ3n) is 6.00. The average molecular weight is 432 g/mol. The highest BCUT2D eigenvalue weighted by Gasteiger charge is 2.41. The largest absolute Gasteiger partial charge is 0.497 e. The van der Waals surface area contributed by atoms with E-state index in [-0.39, 0.29) is 6.04 Å². The van der Waals surface area contributed by atoms with Crippen molar-refractivity contribution in [2.45, 2.75) is 18.9 Å². The molecule has 4 rings (SSSR count). The molecule has 0 saturated carbocycles. The van der Waals surface area contributed by atoms with Crippen LogP contribution >= 0.6 is 23.8 Å². The van der Waals surface area contributed by atoms with Crippen molar-refractivity contribution in [3.8, 4) is 11.5 Å². The minimum atomic E-state index is 0.169. The topological polar surface area (TPSA) is 30.9 Å². The number of fused-ring (bicyclic) bond motifs is 1. The smallest absolute Gasteiger partial charge is 0.119 e. The summed E-state index contributed by atoms with van der Waals surface area (Å²) in [5.41, 5.74) is 0.983. The van der Waals surface area contributed by atoms with Crippen molar-refractivity contribution >= 4 is 28.8 Å². The van der Waals surface area contributed by atoms with Crippen LogP contribution in [0.4, 0.5) is 0 Å². The Hall–Kier alpha value is -1.82. The Bertz CT molecular complexity index is 844. The van der Waals surface area contributed by atoms with E-state index in [9.17, 15) is 0 Å². The van der Waals surface area contributed by atoms with Gasteiger partial charge in [0.2, 0.25) is 0 Å². The number of rotatable bonds is 5. The summed E-state index contributed by atoms with van der Waals surface area (Å²) in [4.78, 5) is 3.15. The molecular formula is C23H26ClNO3S. The molecule has 0 aromatic heterocycles. The molecule has 2 fully saturated rings. The zero-order valence-corrected chi connectivity index (χ0v) is 18.1. The highest BCUT2D eigenvalue weighted by atomic mass is 35.5. The van der Waals surface area contributed by atoms with Gasteiger partial charge in [0.25, 0.3) is 0 Å². The van der Waals surface area contributed by atoms with Crippen molar-refractivity contribution in [1.82, 2.24) is 4.90 Å². The lowest BCUT2D eigenvalue weighted by Crippen LogP contribution is -2.56. The number of ether oxygens (including phenoxy) is 3. The first-order valence-corrected chi connectivity index (χ1v) is 10.9. The van der Waals surface area contributed by atoms with Gasteiger partial charge in [-0.1, -0.05) is 36.0 Å².